The van der Waals surface area contributed by atoms with Crippen molar-refractivity contribution in [1.29, 1.82) is 0 Å². The molecule has 0 heterocycles. The third-order valence-corrected chi connectivity index (χ3v) is 2.62. The van der Waals surface area contributed by atoms with Crippen molar-refractivity contribution in [3.05, 3.63) is 0 Å². The summed E-state index contributed by atoms with van der Waals surface area (Å²) in [7, 11) is 1.76. The van der Waals surface area contributed by atoms with Crippen molar-refractivity contribution in [3.8, 4) is 0 Å². The molecule has 0 aromatic carbocycles. The third kappa shape index (κ3) is 8.52. The van der Waals surface area contributed by atoms with Crippen LogP contribution in [0.4, 0.5) is 0 Å². The SMILES string of the molecule is COC(C)CC(C)CCCC(C)(C)O. The zero-order chi connectivity index (χ0) is 11.2. The lowest BCUT2D eigenvalue weighted by molar-refractivity contribution is 0.0642. The monoisotopic (exact) mass is 202 g/mol. The Morgan fingerprint density at radius 3 is 2.29 bits per heavy atom. The van der Waals surface area contributed by atoms with E-state index in [0.717, 1.165) is 19.3 Å². The Bertz CT molecular complexity index is 138. The highest BCUT2D eigenvalue weighted by Gasteiger charge is 2.13. The molecule has 1 N–H and O–H groups in total. The number of ether oxygens (including phenoxy) is 1. The Morgan fingerprint density at radius 1 is 1.29 bits per heavy atom. The van der Waals surface area contributed by atoms with Gasteiger partial charge in [-0.1, -0.05) is 19.8 Å². The molecule has 14 heavy (non-hydrogen) atoms. The number of hydrogen-bond donors (Lipinski definition) is 1. The lowest BCUT2D eigenvalue weighted by Crippen LogP contribution is -2.18. The molecule has 0 radical (unpaired) electrons. The number of aliphatic hydroxyl groups is 1. The van der Waals surface area contributed by atoms with Crippen molar-refractivity contribution in [2.75, 3.05) is 7.11 Å². The van der Waals surface area contributed by atoms with E-state index >= 15 is 0 Å². The zero-order valence-corrected chi connectivity index (χ0v) is 10.3. The van der Waals surface area contributed by atoms with Gasteiger partial charge in [-0.25, -0.2) is 0 Å². The Kier molecular flexibility index (Phi) is 6.38. The van der Waals surface area contributed by atoms with Crippen LogP contribution in [0, 0.1) is 5.92 Å². The lowest BCUT2D eigenvalue weighted by atomic mass is 9.94. The van der Waals surface area contributed by atoms with Gasteiger partial charge in [0, 0.05) is 7.11 Å². The first-order valence-electron chi connectivity index (χ1n) is 5.60. The largest absolute Gasteiger partial charge is 0.390 e. The van der Waals surface area contributed by atoms with Crippen LogP contribution in [-0.4, -0.2) is 23.9 Å². The van der Waals surface area contributed by atoms with Crippen LogP contribution in [0.2, 0.25) is 0 Å². The molecule has 0 saturated heterocycles. The number of hydrogen-bond acceptors (Lipinski definition) is 2. The Morgan fingerprint density at radius 2 is 1.86 bits per heavy atom. The highest BCUT2D eigenvalue weighted by molar-refractivity contribution is 4.66. The van der Waals surface area contributed by atoms with Gasteiger partial charge in [-0.15, -0.1) is 0 Å². The molecule has 2 unspecified atom stereocenters. The molecule has 2 heteroatoms. The van der Waals surface area contributed by atoms with E-state index in [2.05, 4.69) is 13.8 Å². The molecule has 0 bridgehead atoms. The minimum Gasteiger partial charge on any atom is -0.390 e. The van der Waals surface area contributed by atoms with Crippen LogP contribution < -0.4 is 0 Å². The molecule has 0 aliphatic carbocycles. The summed E-state index contributed by atoms with van der Waals surface area (Å²) in [5.74, 6) is 0.687. The molecule has 0 aromatic heterocycles. The van der Waals surface area contributed by atoms with Crippen molar-refractivity contribution in [1.82, 2.24) is 0 Å². The van der Waals surface area contributed by atoms with Gasteiger partial charge < -0.3 is 9.84 Å². The molecule has 2 nitrogen and oxygen atoms in total. The molecular formula is C12H26O2. The molecule has 0 amide bonds. The van der Waals surface area contributed by atoms with Crippen LogP contribution in [0.1, 0.15) is 53.4 Å². The minimum atomic E-state index is -0.507. The summed E-state index contributed by atoms with van der Waals surface area (Å²) in [6.45, 7) is 8.09. The quantitative estimate of drug-likeness (QED) is 0.687. The van der Waals surface area contributed by atoms with Crippen molar-refractivity contribution in [3.63, 3.8) is 0 Å². The number of methoxy groups -OCH3 is 1. The summed E-state index contributed by atoms with van der Waals surface area (Å²) in [5, 5.41) is 9.53. The summed E-state index contributed by atoms with van der Waals surface area (Å²) >= 11 is 0. The molecule has 0 aliphatic heterocycles. The van der Waals surface area contributed by atoms with Gasteiger partial charge in [-0.2, -0.15) is 0 Å². The zero-order valence-electron chi connectivity index (χ0n) is 10.3. The van der Waals surface area contributed by atoms with Crippen molar-refractivity contribution >= 4 is 0 Å². The van der Waals surface area contributed by atoms with Gasteiger partial charge in [0.05, 0.1) is 11.7 Å². The molecule has 0 fully saturated rings. The topological polar surface area (TPSA) is 29.5 Å². The van der Waals surface area contributed by atoms with Crippen LogP contribution in [0.3, 0.4) is 0 Å². The van der Waals surface area contributed by atoms with E-state index in [4.69, 9.17) is 4.74 Å². The predicted octanol–water partition coefficient (Wildman–Crippen LogP) is 2.99. The van der Waals surface area contributed by atoms with Gasteiger partial charge >= 0.3 is 0 Å². The molecule has 86 valence electrons. The van der Waals surface area contributed by atoms with Gasteiger partial charge in [-0.05, 0) is 39.5 Å². The van der Waals surface area contributed by atoms with Crippen molar-refractivity contribution < 1.29 is 9.84 Å². The Hall–Kier alpha value is -0.0800. The van der Waals surface area contributed by atoms with Gasteiger partial charge in [0.15, 0.2) is 0 Å². The molecule has 0 aliphatic rings. The summed E-state index contributed by atoms with van der Waals surface area (Å²) in [5.41, 5.74) is -0.507. The Labute approximate surface area is 88.7 Å². The molecule has 0 aromatic rings. The van der Waals surface area contributed by atoms with Crippen molar-refractivity contribution in [2.45, 2.75) is 65.1 Å². The fourth-order valence-corrected chi connectivity index (χ4v) is 1.66. The molecule has 2 atom stereocenters. The van der Waals surface area contributed by atoms with Crippen LogP contribution in [0.25, 0.3) is 0 Å². The average Bonchev–Trinajstić information content (AvgIpc) is 2.01. The molecule has 0 spiro atoms. The fraction of sp³-hybridized carbons (Fsp3) is 1.00. The second-order valence-corrected chi connectivity index (χ2v) is 5.09. The summed E-state index contributed by atoms with van der Waals surface area (Å²) < 4.78 is 5.22. The maximum atomic E-state index is 9.53. The molecule has 0 saturated carbocycles. The first-order chi connectivity index (χ1) is 6.35. The summed E-state index contributed by atoms with van der Waals surface area (Å²) in [6, 6.07) is 0. The lowest BCUT2D eigenvalue weighted by Gasteiger charge is -2.19. The summed E-state index contributed by atoms with van der Waals surface area (Å²) in [6.07, 6.45) is 4.63. The van der Waals surface area contributed by atoms with Gasteiger partial charge in [0.25, 0.3) is 0 Å². The Balaban J connectivity index is 3.49. The average molecular weight is 202 g/mol. The maximum Gasteiger partial charge on any atom is 0.0591 e. The second kappa shape index (κ2) is 6.41. The van der Waals surface area contributed by atoms with Gasteiger partial charge in [0.2, 0.25) is 0 Å². The van der Waals surface area contributed by atoms with Gasteiger partial charge in [-0.3, -0.25) is 0 Å². The van der Waals surface area contributed by atoms with E-state index in [1.54, 1.807) is 7.11 Å². The van der Waals surface area contributed by atoms with E-state index in [9.17, 15) is 5.11 Å². The van der Waals surface area contributed by atoms with E-state index in [-0.39, 0.29) is 0 Å². The predicted molar refractivity (Wildman–Crippen MR) is 60.4 cm³/mol. The van der Waals surface area contributed by atoms with E-state index < -0.39 is 5.60 Å². The van der Waals surface area contributed by atoms with E-state index in [1.165, 1.54) is 6.42 Å². The van der Waals surface area contributed by atoms with Crippen LogP contribution in [-0.2, 0) is 4.74 Å². The number of rotatable bonds is 7. The molecule has 0 rings (SSSR count). The highest BCUT2D eigenvalue weighted by atomic mass is 16.5. The first kappa shape index (κ1) is 13.9. The van der Waals surface area contributed by atoms with Crippen LogP contribution in [0.15, 0.2) is 0 Å². The molecular weight excluding hydrogens is 176 g/mol. The van der Waals surface area contributed by atoms with Crippen LogP contribution in [0.5, 0.6) is 0 Å². The normalized spacial score (nSPS) is 16.7. The van der Waals surface area contributed by atoms with Crippen molar-refractivity contribution in [2.24, 2.45) is 5.92 Å². The van der Waals surface area contributed by atoms with Crippen LogP contribution >= 0.6 is 0 Å². The van der Waals surface area contributed by atoms with E-state index in [0.29, 0.717) is 12.0 Å². The van der Waals surface area contributed by atoms with Gasteiger partial charge in [0.1, 0.15) is 0 Å². The minimum absolute atomic E-state index is 0.354. The fourth-order valence-electron chi connectivity index (χ4n) is 1.66. The third-order valence-electron chi connectivity index (χ3n) is 2.62. The van der Waals surface area contributed by atoms with E-state index in [1.807, 2.05) is 13.8 Å². The second-order valence-electron chi connectivity index (χ2n) is 5.09. The first-order valence-corrected chi connectivity index (χ1v) is 5.60. The standard InChI is InChI=1S/C12H26O2/c1-10(9-11(2)14-5)7-6-8-12(3,4)13/h10-11,13H,6-9H2,1-5H3. The summed E-state index contributed by atoms with van der Waals surface area (Å²) in [4.78, 5) is 0. The smallest absolute Gasteiger partial charge is 0.0591 e. The maximum absolute atomic E-state index is 9.53. The highest BCUT2D eigenvalue weighted by Crippen LogP contribution is 2.19.